The maximum Gasteiger partial charge on any atom is 0.321 e. The van der Waals surface area contributed by atoms with Crippen molar-refractivity contribution in [2.45, 2.75) is 6.04 Å². The van der Waals surface area contributed by atoms with E-state index in [0.29, 0.717) is 38.4 Å². The molecule has 2 aliphatic rings. The van der Waals surface area contributed by atoms with Crippen LogP contribution in [0.1, 0.15) is 22.2 Å². The van der Waals surface area contributed by atoms with Gasteiger partial charge in [-0.1, -0.05) is 0 Å². The van der Waals surface area contributed by atoms with Gasteiger partial charge in [-0.2, -0.15) is 0 Å². The number of hydrogen-bond acceptors (Lipinski definition) is 4. The number of nitrogens with one attached hydrogen (secondary N) is 2. The standard InChI is InChI=1S/C18H21FN6O2.ClH/c1-23-7-5-21-16(23)15-11-20-4-8-25(15)17(26)13-10-12(2-3-14(13)19)24-9-6-22-18(24)27;/h2-3,5,7,10,15,20H,4,6,8-9,11H2,1H3,(H,22,27);1H. The van der Waals surface area contributed by atoms with Crippen molar-refractivity contribution in [3.63, 3.8) is 0 Å². The van der Waals surface area contributed by atoms with E-state index in [1.807, 2.05) is 17.8 Å². The van der Waals surface area contributed by atoms with E-state index < -0.39 is 11.7 Å². The second-order valence-corrected chi connectivity index (χ2v) is 6.66. The average molecular weight is 409 g/mol. The highest BCUT2D eigenvalue weighted by molar-refractivity contribution is 5.98. The van der Waals surface area contributed by atoms with Crippen molar-refractivity contribution in [3.8, 4) is 0 Å². The number of rotatable bonds is 3. The smallest absolute Gasteiger partial charge is 0.321 e. The summed E-state index contributed by atoms with van der Waals surface area (Å²) in [5.74, 6) is -0.255. The SMILES string of the molecule is Cl.Cn1ccnc1C1CNCCN1C(=O)c1cc(N2CCNC2=O)ccc1F. The Morgan fingerprint density at radius 2 is 2.11 bits per heavy atom. The number of carbonyl (C=O) groups is 2. The van der Waals surface area contributed by atoms with Gasteiger partial charge in [-0.05, 0) is 18.2 Å². The van der Waals surface area contributed by atoms with Gasteiger partial charge in [-0.25, -0.2) is 14.2 Å². The van der Waals surface area contributed by atoms with Crippen LogP contribution in [-0.4, -0.2) is 59.1 Å². The summed E-state index contributed by atoms with van der Waals surface area (Å²) >= 11 is 0. The Balaban J connectivity index is 0.00000225. The molecule has 2 N–H and O–H groups in total. The van der Waals surface area contributed by atoms with Crippen LogP contribution in [-0.2, 0) is 7.05 Å². The van der Waals surface area contributed by atoms with Crippen LogP contribution >= 0.6 is 12.4 Å². The fourth-order valence-electron chi connectivity index (χ4n) is 3.59. The van der Waals surface area contributed by atoms with E-state index in [0.717, 1.165) is 5.82 Å². The Bertz CT molecular complexity index is 889. The zero-order chi connectivity index (χ0) is 19.0. The maximum absolute atomic E-state index is 14.5. The van der Waals surface area contributed by atoms with Crippen molar-refractivity contribution in [3.05, 3.63) is 47.8 Å². The van der Waals surface area contributed by atoms with Gasteiger partial charge in [0.1, 0.15) is 17.7 Å². The summed E-state index contributed by atoms with van der Waals surface area (Å²) in [6.07, 6.45) is 3.50. The first kappa shape index (κ1) is 20.1. The molecule has 2 aromatic rings. The Hall–Kier alpha value is -2.65. The normalized spacial score (nSPS) is 19.4. The first-order valence-corrected chi connectivity index (χ1v) is 8.90. The van der Waals surface area contributed by atoms with Crippen LogP contribution in [0.25, 0.3) is 0 Å². The lowest BCUT2D eigenvalue weighted by molar-refractivity contribution is 0.0616. The Morgan fingerprint density at radius 3 is 2.79 bits per heavy atom. The number of aryl methyl sites for hydroxylation is 1. The van der Waals surface area contributed by atoms with Crippen molar-refractivity contribution in [2.24, 2.45) is 7.05 Å². The highest BCUT2D eigenvalue weighted by atomic mass is 35.5. The second-order valence-electron chi connectivity index (χ2n) is 6.66. The minimum absolute atomic E-state index is 0. The van der Waals surface area contributed by atoms with Gasteiger partial charge in [0, 0.05) is 57.9 Å². The lowest BCUT2D eigenvalue weighted by Crippen LogP contribution is -2.49. The number of halogens is 2. The van der Waals surface area contributed by atoms with Crippen molar-refractivity contribution >= 4 is 30.0 Å². The summed E-state index contributed by atoms with van der Waals surface area (Å²) in [5.41, 5.74) is 0.478. The molecule has 1 unspecified atom stereocenters. The van der Waals surface area contributed by atoms with Gasteiger partial charge in [-0.3, -0.25) is 9.69 Å². The van der Waals surface area contributed by atoms with Gasteiger partial charge in [-0.15, -0.1) is 12.4 Å². The quantitative estimate of drug-likeness (QED) is 0.802. The molecule has 4 rings (SSSR count). The third kappa shape index (κ3) is 3.55. The number of imidazole rings is 1. The number of carbonyl (C=O) groups excluding carboxylic acids is 2. The second kappa shape index (κ2) is 8.15. The van der Waals surface area contributed by atoms with E-state index in [4.69, 9.17) is 0 Å². The van der Waals surface area contributed by atoms with Crippen molar-refractivity contribution in [1.82, 2.24) is 25.1 Å². The van der Waals surface area contributed by atoms with Crippen LogP contribution in [0.4, 0.5) is 14.9 Å². The summed E-state index contributed by atoms with van der Waals surface area (Å²) in [6.45, 7) is 2.64. The molecular formula is C18H22ClFN6O2. The van der Waals surface area contributed by atoms with Crippen molar-refractivity contribution in [2.75, 3.05) is 37.6 Å². The van der Waals surface area contributed by atoms with E-state index in [1.54, 1.807) is 11.1 Å². The maximum atomic E-state index is 14.5. The predicted octanol–water partition coefficient (Wildman–Crippen LogP) is 1.30. The van der Waals surface area contributed by atoms with E-state index in [-0.39, 0.29) is 30.0 Å². The molecule has 1 aromatic carbocycles. The van der Waals surface area contributed by atoms with Crippen LogP contribution in [0.5, 0.6) is 0 Å². The van der Waals surface area contributed by atoms with Crippen LogP contribution in [0, 0.1) is 5.82 Å². The highest BCUT2D eigenvalue weighted by Gasteiger charge is 2.33. The summed E-state index contributed by atoms with van der Waals surface area (Å²) in [6, 6.07) is 3.69. The van der Waals surface area contributed by atoms with Gasteiger partial charge in [0.15, 0.2) is 0 Å². The van der Waals surface area contributed by atoms with E-state index >= 15 is 0 Å². The Kier molecular flexibility index (Phi) is 5.85. The van der Waals surface area contributed by atoms with Crippen LogP contribution in [0.2, 0.25) is 0 Å². The van der Waals surface area contributed by atoms with E-state index in [1.165, 1.54) is 23.1 Å². The molecule has 3 heterocycles. The molecule has 10 heteroatoms. The van der Waals surface area contributed by atoms with Crippen LogP contribution < -0.4 is 15.5 Å². The molecule has 150 valence electrons. The van der Waals surface area contributed by atoms with E-state index in [2.05, 4.69) is 15.6 Å². The lowest BCUT2D eigenvalue weighted by atomic mass is 10.1. The molecule has 8 nitrogen and oxygen atoms in total. The Labute approximate surface area is 168 Å². The zero-order valence-electron chi connectivity index (χ0n) is 15.4. The molecule has 1 aromatic heterocycles. The molecule has 2 saturated heterocycles. The zero-order valence-corrected chi connectivity index (χ0v) is 16.2. The number of urea groups is 1. The summed E-state index contributed by atoms with van der Waals surface area (Å²) in [4.78, 5) is 32.6. The van der Waals surface area contributed by atoms with Crippen molar-refractivity contribution in [1.29, 1.82) is 0 Å². The van der Waals surface area contributed by atoms with Crippen molar-refractivity contribution < 1.29 is 14.0 Å². The number of amides is 3. The topological polar surface area (TPSA) is 82.5 Å². The molecule has 0 radical (unpaired) electrons. The van der Waals surface area contributed by atoms with Gasteiger partial charge >= 0.3 is 6.03 Å². The molecule has 0 saturated carbocycles. The average Bonchev–Trinajstić information content (AvgIpc) is 3.30. The molecule has 0 aliphatic carbocycles. The van der Waals surface area contributed by atoms with E-state index in [9.17, 15) is 14.0 Å². The number of nitrogens with zero attached hydrogens (tertiary/aromatic N) is 4. The fourth-order valence-corrected chi connectivity index (χ4v) is 3.59. The van der Waals surface area contributed by atoms with Crippen LogP contribution in [0.3, 0.4) is 0 Å². The monoisotopic (exact) mass is 408 g/mol. The highest BCUT2D eigenvalue weighted by Crippen LogP contribution is 2.26. The number of piperazine rings is 1. The fraction of sp³-hybridized carbons (Fsp3) is 0.389. The summed E-state index contributed by atoms with van der Waals surface area (Å²) in [5, 5.41) is 5.97. The molecule has 3 amide bonds. The third-order valence-electron chi connectivity index (χ3n) is 5.01. The first-order valence-electron chi connectivity index (χ1n) is 8.90. The minimum atomic E-state index is -0.597. The van der Waals surface area contributed by atoms with Gasteiger partial charge in [0.25, 0.3) is 5.91 Å². The number of aromatic nitrogens is 2. The molecule has 0 bridgehead atoms. The Morgan fingerprint density at radius 1 is 1.29 bits per heavy atom. The van der Waals surface area contributed by atoms with Gasteiger partial charge < -0.3 is 20.1 Å². The molecular weight excluding hydrogens is 387 g/mol. The molecule has 2 aliphatic heterocycles. The summed E-state index contributed by atoms with van der Waals surface area (Å²) in [7, 11) is 1.87. The minimum Gasteiger partial charge on any atom is -0.336 e. The first-order chi connectivity index (χ1) is 13.1. The molecule has 0 spiro atoms. The largest absolute Gasteiger partial charge is 0.336 e. The molecule has 2 fully saturated rings. The predicted molar refractivity (Wildman–Crippen MR) is 104 cm³/mol. The summed E-state index contributed by atoms with van der Waals surface area (Å²) < 4.78 is 16.4. The van der Waals surface area contributed by atoms with Crippen LogP contribution in [0.15, 0.2) is 30.6 Å². The van der Waals surface area contributed by atoms with Gasteiger partial charge in [0.05, 0.1) is 5.56 Å². The van der Waals surface area contributed by atoms with Gasteiger partial charge in [0.2, 0.25) is 0 Å². The number of anilines is 1. The number of benzene rings is 1. The number of hydrogen-bond donors (Lipinski definition) is 2. The lowest BCUT2D eigenvalue weighted by Gasteiger charge is -2.36. The third-order valence-corrected chi connectivity index (χ3v) is 5.01. The molecule has 1 atom stereocenters. The molecule has 28 heavy (non-hydrogen) atoms.